The minimum Gasteiger partial charge on any atom is -0.389 e. The van der Waals surface area contributed by atoms with Crippen LogP contribution in [-0.4, -0.2) is 36.0 Å². The molecule has 3 N–H and O–H groups in total. The molecule has 1 rings (SSSR count). The summed E-state index contributed by atoms with van der Waals surface area (Å²) in [5, 5.41) is 2.72. The normalized spacial score (nSPS) is 9.76. The van der Waals surface area contributed by atoms with Crippen LogP contribution in [0.2, 0.25) is 0 Å². The number of pyridine rings is 1. The Hall–Kier alpha value is -1.69. The molecule has 0 bridgehead atoms. The molecule has 1 heterocycles. The third-order valence-electron chi connectivity index (χ3n) is 2.18. The van der Waals surface area contributed by atoms with E-state index in [1.807, 2.05) is 6.92 Å². The number of likely N-dealkylation sites (N-methyl/N-ethyl adjacent to an activating group) is 2. The van der Waals surface area contributed by atoms with Gasteiger partial charge in [-0.25, -0.2) is 4.98 Å². The highest BCUT2D eigenvalue weighted by Gasteiger charge is 2.08. The summed E-state index contributed by atoms with van der Waals surface area (Å²) in [6, 6.07) is 3.51. The van der Waals surface area contributed by atoms with Crippen molar-refractivity contribution < 1.29 is 4.79 Å². The zero-order valence-electron chi connectivity index (χ0n) is 9.93. The van der Waals surface area contributed by atoms with Crippen LogP contribution in [0.4, 0.5) is 5.82 Å². The number of nitrogens with one attached hydrogen (secondary N) is 1. The first kappa shape index (κ1) is 13.4. The molecule has 0 fully saturated rings. The Labute approximate surface area is 106 Å². The fraction of sp³-hybridized carbons (Fsp3) is 0.364. The van der Waals surface area contributed by atoms with Crippen LogP contribution in [0.5, 0.6) is 0 Å². The summed E-state index contributed by atoms with van der Waals surface area (Å²) >= 11 is 4.89. The molecule has 0 aliphatic carbocycles. The molecule has 0 atom stereocenters. The van der Waals surface area contributed by atoms with Crippen molar-refractivity contribution in [3.05, 3.63) is 23.9 Å². The molecule has 0 unspecified atom stereocenters. The number of nitrogens with zero attached hydrogens (tertiary/aromatic N) is 2. The fourth-order valence-electron chi connectivity index (χ4n) is 1.33. The lowest BCUT2D eigenvalue weighted by Gasteiger charge is -2.17. The van der Waals surface area contributed by atoms with Crippen molar-refractivity contribution in [1.29, 1.82) is 0 Å². The van der Waals surface area contributed by atoms with Crippen molar-refractivity contribution >= 4 is 28.9 Å². The zero-order valence-corrected chi connectivity index (χ0v) is 10.8. The summed E-state index contributed by atoms with van der Waals surface area (Å²) in [7, 11) is 1.79. The summed E-state index contributed by atoms with van der Waals surface area (Å²) in [5.41, 5.74) is 6.28. The van der Waals surface area contributed by atoms with Crippen LogP contribution in [0, 0.1) is 0 Å². The number of nitrogens with two attached hydrogens (primary N) is 1. The van der Waals surface area contributed by atoms with E-state index in [1.54, 1.807) is 30.3 Å². The average Bonchev–Trinajstić information content (AvgIpc) is 2.29. The van der Waals surface area contributed by atoms with E-state index in [0.717, 1.165) is 5.56 Å². The maximum atomic E-state index is 11.4. The second-order valence-electron chi connectivity index (χ2n) is 3.58. The third kappa shape index (κ3) is 3.99. The van der Waals surface area contributed by atoms with Crippen molar-refractivity contribution in [1.82, 2.24) is 10.3 Å². The van der Waals surface area contributed by atoms with Crippen LogP contribution >= 0.6 is 12.2 Å². The number of hydrogen-bond acceptors (Lipinski definition) is 4. The minimum atomic E-state index is -0.0440. The molecule has 1 aromatic heterocycles. The van der Waals surface area contributed by atoms with Crippen LogP contribution in [0.15, 0.2) is 18.3 Å². The maximum absolute atomic E-state index is 11.4. The number of anilines is 1. The number of thiocarbonyl (C=S) groups is 1. The zero-order chi connectivity index (χ0) is 12.8. The smallest absolute Gasteiger partial charge is 0.239 e. The van der Waals surface area contributed by atoms with Crippen molar-refractivity contribution in [2.45, 2.75) is 6.92 Å². The second-order valence-corrected chi connectivity index (χ2v) is 4.02. The van der Waals surface area contributed by atoms with E-state index in [4.69, 9.17) is 18.0 Å². The number of carbonyl (C=O) groups excluding carboxylic acids is 1. The van der Waals surface area contributed by atoms with E-state index in [-0.39, 0.29) is 12.5 Å². The van der Waals surface area contributed by atoms with E-state index in [2.05, 4.69) is 10.3 Å². The monoisotopic (exact) mass is 252 g/mol. The summed E-state index contributed by atoms with van der Waals surface area (Å²) in [6.07, 6.45) is 1.62. The number of aromatic nitrogens is 1. The van der Waals surface area contributed by atoms with Gasteiger partial charge in [0.05, 0.1) is 6.54 Å². The van der Waals surface area contributed by atoms with Gasteiger partial charge in [-0.15, -0.1) is 0 Å². The van der Waals surface area contributed by atoms with Gasteiger partial charge in [-0.1, -0.05) is 12.2 Å². The van der Waals surface area contributed by atoms with Gasteiger partial charge in [0.15, 0.2) is 0 Å². The quantitative estimate of drug-likeness (QED) is 0.737. The molecule has 1 aromatic rings. The van der Waals surface area contributed by atoms with Crippen molar-refractivity contribution in [2.24, 2.45) is 5.73 Å². The second kappa shape index (κ2) is 6.15. The molecule has 0 aliphatic rings. The Morgan fingerprint density at radius 2 is 2.35 bits per heavy atom. The van der Waals surface area contributed by atoms with E-state index < -0.39 is 0 Å². The largest absolute Gasteiger partial charge is 0.389 e. The van der Waals surface area contributed by atoms with Gasteiger partial charge in [-0.2, -0.15) is 0 Å². The number of carbonyl (C=O) groups is 1. The summed E-state index contributed by atoms with van der Waals surface area (Å²) in [5.74, 6) is 0.624. The van der Waals surface area contributed by atoms with Gasteiger partial charge in [0.2, 0.25) is 5.91 Å². The van der Waals surface area contributed by atoms with Crippen LogP contribution in [-0.2, 0) is 4.79 Å². The summed E-state index contributed by atoms with van der Waals surface area (Å²) in [4.78, 5) is 17.6. The Kier molecular flexibility index (Phi) is 4.84. The first-order valence-electron chi connectivity index (χ1n) is 5.28. The van der Waals surface area contributed by atoms with E-state index >= 15 is 0 Å². The average molecular weight is 252 g/mol. The lowest BCUT2D eigenvalue weighted by molar-refractivity contribution is -0.119. The first-order chi connectivity index (χ1) is 8.04. The molecule has 17 heavy (non-hydrogen) atoms. The van der Waals surface area contributed by atoms with Gasteiger partial charge in [-0.05, 0) is 19.1 Å². The molecular weight excluding hydrogens is 236 g/mol. The molecule has 0 aliphatic heterocycles. The summed E-state index contributed by atoms with van der Waals surface area (Å²) < 4.78 is 0. The molecule has 0 aromatic carbocycles. The van der Waals surface area contributed by atoms with Gasteiger partial charge >= 0.3 is 0 Å². The Morgan fingerprint density at radius 1 is 1.65 bits per heavy atom. The van der Waals surface area contributed by atoms with Crippen LogP contribution < -0.4 is 16.0 Å². The van der Waals surface area contributed by atoms with Crippen LogP contribution in [0.25, 0.3) is 0 Å². The molecule has 0 radical (unpaired) electrons. The highest BCUT2D eigenvalue weighted by atomic mass is 32.1. The predicted molar refractivity (Wildman–Crippen MR) is 72.1 cm³/mol. The summed E-state index contributed by atoms with van der Waals surface area (Å²) in [6.45, 7) is 2.75. The lowest BCUT2D eigenvalue weighted by atomic mass is 10.2. The van der Waals surface area contributed by atoms with Gasteiger partial charge in [-0.3, -0.25) is 4.79 Å². The molecule has 0 saturated heterocycles. The van der Waals surface area contributed by atoms with E-state index in [9.17, 15) is 4.79 Å². The SMILES string of the molecule is CCNC(=O)CN(C)c1cc(C(N)=S)ccn1. The van der Waals surface area contributed by atoms with Crippen LogP contribution in [0.1, 0.15) is 12.5 Å². The molecule has 5 nitrogen and oxygen atoms in total. The molecule has 1 amide bonds. The topological polar surface area (TPSA) is 71.2 Å². The van der Waals surface area contributed by atoms with Crippen molar-refractivity contribution in [3.63, 3.8) is 0 Å². The Morgan fingerprint density at radius 3 is 2.94 bits per heavy atom. The van der Waals surface area contributed by atoms with Gasteiger partial charge in [0.25, 0.3) is 0 Å². The highest BCUT2D eigenvalue weighted by molar-refractivity contribution is 7.80. The van der Waals surface area contributed by atoms with Gasteiger partial charge in [0.1, 0.15) is 10.8 Å². The third-order valence-corrected chi connectivity index (χ3v) is 2.41. The molecule has 92 valence electrons. The molecule has 6 heteroatoms. The molecule has 0 saturated carbocycles. The van der Waals surface area contributed by atoms with E-state index in [1.165, 1.54) is 0 Å². The van der Waals surface area contributed by atoms with Crippen LogP contribution in [0.3, 0.4) is 0 Å². The Bertz CT molecular complexity index is 422. The standard InChI is InChI=1S/C11H16N4OS/c1-3-13-10(16)7-15(2)9-6-8(11(12)17)4-5-14-9/h4-6H,3,7H2,1-2H3,(H2,12,17)(H,13,16). The van der Waals surface area contributed by atoms with Gasteiger partial charge < -0.3 is 16.0 Å². The maximum Gasteiger partial charge on any atom is 0.239 e. The number of amides is 1. The number of rotatable bonds is 5. The minimum absolute atomic E-state index is 0.0440. The molecule has 0 spiro atoms. The lowest BCUT2D eigenvalue weighted by Crippen LogP contribution is -2.35. The fourth-order valence-corrected chi connectivity index (χ4v) is 1.46. The van der Waals surface area contributed by atoms with Gasteiger partial charge in [0, 0.05) is 25.4 Å². The predicted octanol–water partition coefficient (Wildman–Crippen LogP) is 0.288. The number of hydrogen-bond donors (Lipinski definition) is 2. The van der Waals surface area contributed by atoms with Crippen molar-refractivity contribution in [3.8, 4) is 0 Å². The first-order valence-corrected chi connectivity index (χ1v) is 5.69. The highest BCUT2D eigenvalue weighted by Crippen LogP contribution is 2.10. The van der Waals surface area contributed by atoms with E-state index in [0.29, 0.717) is 17.4 Å². The molecular formula is C11H16N4OS. The Balaban J connectivity index is 2.75. The van der Waals surface area contributed by atoms with Crippen molar-refractivity contribution in [2.75, 3.05) is 25.0 Å².